The molecule has 1 aliphatic heterocycles. The third kappa shape index (κ3) is 3.33. The van der Waals surface area contributed by atoms with Gasteiger partial charge in [0.2, 0.25) is 5.43 Å². The van der Waals surface area contributed by atoms with Crippen molar-refractivity contribution in [2.75, 3.05) is 19.3 Å². The number of rotatable bonds is 5. The van der Waals surface area contributed by atoms with Gasteiger partial charge in [-0.2, -0.15) is 0 Å². The van der Waals surface area contributed by atoms with Gasteiger partial charge < -0.3 is 9.47 Å². The van der Waals surface area contributed by atoms with E-state index in [0.717, 1.165) is 53.8 Å². The van der Waals surface area contributed by atoms with E-state index in [1.807, 2.05) is 6.07 Å². The first kappa shape index (κ1) is 17.8. The molecule has 0 amide bonds. The van der Waals surface area contributed by atoms with E-state index in [1.165, 1.54) is 10.4 Å². The number of benzene rings is 1. The average Bonchev–Trinajstić information content (AvgIpc) is 2.98. The number of thioether (sulfide) groups is 1. The van der Waals surface area contributed by atoms with Crippen LogP contribution in [-0.4, -0.2) is 33.8 Å². The van der Waals surface area contributed by atoms with Crippen molar-refractivity contribution in [1.82, 2.24) is 14.5 Å². The molecule has 0 fully saturated rings. The van der Waals surface area contributed by atoms with E-state index in [1.54, 1.807) is 23.1 Å². The van der Waals surface area contributed by atoms with Gasteiger partial charge in [0.25, 0.3) is 0 Å². The zero-order valence-electron chi connectivity index (χ0n) is 15.2. The summed E-state index contributed by atoms with van der Waals surface area (Å²) >= 11 is 3.51. The molecule has 26 heavy (non-hydrogen) atoms. The Balaban J connectivity index is 1.87. The molecule has 0 saturated carbocycles. The first-order chi connectivity index (χ1) is 12.7. The van der Waals surface area contributed by atoms with Crippen LogP contribution in [0.1, 0.15) is 29.3 Å². The Labute approximate surface area is 161 Å². The number of likely N-dealkylation sites (N-methyl/N-ethyl adjacent to an activating group) is 1. The molecule has 3 heterocycles. The Morgan fingerprint density at radius 1 is 1.27 bits per heavy atom. The van der Waals surface area contributed by atoms with E-state index in [0.29, 0.717) is 5.52 Å². The molecule has 0 atom stereocenters. The van der Waals surface area contributed by atoms with Gasteiger partial charge in [-0.15, -0.1) is 11.3 Å². The van der Waals surface area contributed by atoms with Gasteiger partial charge in [-0.1, -0.05) is 49.0 Å². The predicted octanol–water partition coefficient (Wildman–Crippen LogP) is 4.00. The van der Waals surface area contributed by atoms with Gasteiger partial charge in [0.1, 0.15) is 10.3 Å². The summed E-state index contributed by atoms with van der Waals surface area (Å²) in [5.41, 5.74) is 3.02. The van der Waals surface area contributed by atoms with Crippen molar-refractivity contribution in [3.05, 3.63) is 56.6 Å². The second-order valence-electron chi connectivity index (χ2n) is 6.79. The highest BCUT2D eigenvalue weighted by molar-refractivity contribution is 7.99. The van der Waals surface area contributed by atoms with Crippen LogP contribution in [0.3, 0.4) is 0 Å². The van der Waals surface area contributed by atoms with Crippen molar-refractivity contribution in [1.29, 1.82) is 0 Å². The van der Waals surface area contributed by atoms with Crippen LogP contribution in [0.2, 0.25) is 0 Å². The van der Waals surface area contributed by atoms with Crippen molar-refractivity contribution in [2.24, 2.45) is 0 Å². The molecule has 4 rings (SSSR count). The van der Waals surface area contributed by atoms with Gasteiger partial charge in [0.05, 0.1) is 6.54 Å². The second kappa shape index (κ2) is 7.55. The third-order valence-electron chi connectivity index (χ3n) is 4.71. The van der Waals surface area contributed by atoms with Crippen molar-refractivity contribution < 1.29 is 0 Å². The largest absolute Gasteiger partial charge is 0.306 e. The van der Waals surface area contributed by atoms with E-state index in [9.17, 15) is 4.79 Å². The molecule has 0 saturated heterocycles. The van der Waals surface area contributed by atoms with E-state index in [-0.39, 0.29) is 5.43 Å². The summed E-state index contributed by atoms with van der Waals surface area (Å²) in [5.74, 6) is 1.01. The minimum absolute atomic E-state index is 0.145. The van der Waals surface area contributed by atoms with Gasteiger partial charge in [-0.25, -0.2) is 4.98 Å². The summed E-state index contributed by atoms with van der Waals surface area (Å²) < 4.78 is 2.24. The highest BCUT2D eigenvalue weighted by Gasteiger charge is 2.23. The monoisotopic (exact) mass is 385 g/mol. The lowest BCUT2D eigenvalue weighted by Crippen LogP contribution is -2.30. The minimum atomic E-state index is 0.145. The molecule has 4 nitrogen and oxygen atoms in total. The van der Waals surface area contributed by atoms with Crippen LogP contribution in [-0.2, 0) is 19.5 Å². The molecule has 6 heteroatoms. The number of fused-ring (bicyclic) bond motifs is 2. The van der Waals surface area contributed by atoms with E-state index < -0.39 is 0 Å². The lowest BCUT2D eigenvalue weighted by atomic mass is 10.1. The summed E-state index contributed by atoms with van der Waals surface area (Å²) in [6, 6.07) is 10.4. The van der Waals surface area contributed by atoms with Crippen LogP contribution in [0.25, 0.3) is 10.3 Å². The van der Waals surface area contributed by atoms with Gasteiger partial charge in [-0.3, -0.25) is 4.79 Å². The summed E-state index contributed by atoms with van der Waals surface area (Å²) in [7, 11) is 2.12. The number of hydrogen-bond donors (Lipinski definition) is 0. The maximum absolute atomic E-state index is 13.1. The minimum Gasteiger partial charge on any atom is -0.306 e. The smallest absolute Gasteiger partial charge is 0.211 e. The van der Waals surface area contributed by atoms with Crippen LogP contribution in [0, 0.1) is 0 Å². The number of nitrogens with zero attached hydrogens (tertiary/aromatic N) is 3. The molecule has 0 spiro atoms. The molecule has 0 bridgehead atoms. The quantitative estimate of drug-likeness (QED) is 0.622. The Morgan fingerprint density at radius 2 is 2.08 bits per heavy atom. The Bertz CT molecular complexity index is 978. The molecule has 2 aromatic heterocycles. The molecular weight excluding hydrogens is 362 g/mol. The second-order valence-corrected chi connectivity index (χ2v) is 8.93. The molecule has 0 radical (unpaired) electrons. The first-order valence-corrected chi connectivity index (χ1v) is 10.9. The molecule has 0 aliphatic carbocycles. The fourth-order valence-corrected chi connectivity index (χ4v) is 5.58. The number of aromatic nitrogens is 2. The average molecular weight is 386 g/mol. The third-order valence-corrected chi connectivity index (χ3v) is 7.12. The van der Waals surface area contributed by atoms with Crippen LogP contribution in [0.15, 0.2) is 40.3 Å². The van der Waals surface area contributed by atoms with Gasteiger partial charge in [-0.05, 0) is 25.5 Å². The topological polar surface area (TPSA) is 38.1 Å². The Morgan fingerprint density at radius 3 is 2.85 bits per heavy atom. The molecular formula is C20H23N3OS2. The summed E-state index contributed by atoms with van der Waals surface area (Å²) in [6.45, 7) is 4.74. The van der Waals surface area contributed by atoms with Gasteiger partial charge in [0.15, 0.2) is 5.16 Å². The lowest BCUT2D eigenvalue weighted by molar-refractivity contribution is 0.316. The van der Waals surface area contributed by atoms with Crippen LogP contribution < -0.4 is 5.43 Å². The van der Waals surface area contributed by atoms with E-state index >= 15 is 0 Å². The normalized spacial score (nSPS) is 14.7. The zero-order valence-corrected chi connectivity index (χ0v) is 16.8. The summed E-state index contributed by atoms with van der Waals surface area (Å²) in [4.78, 5) is 22.4. The van der Waals surface area contributed by atoms with Gasteiger partial charge >= 0.3 is 0 Å². The number of imidazole rings is 1. The van der Waals surface area contributed by atoms with E-state index in [4.69, 9.17) is 4.98 Å². The maximum atomic E-state index is 13.1. The Kier molecular flexibility index (Phi) is 5.16. The van der Waals surface area contributed by atoms with Gasteiger partial charge in [0, 0.05) is 29.3 Å². The molecule has 0 N–H and O–H groups in total. The molecule has 136 valence electrons. The van der Waals surface area contributed by atoms with Crippen LogP contribution in [0.4, 0.5) is 0 Å². The fourth-order valence-electron chi connectivity index (χ4n) is 3.33. The fraction of sp³-hybridized carbons (Fsp3) is 0.400. The molecule has 0 unspecified atom stereocenters. The summed E-state index contributed by atoms with van der Waals surface area (Å²) in [6.07, 6.45) is 1.92. The zero-order chi connectivity index (χ0) is 18.1. The van der Waals surface area contributed by atoms with Crippen LogP contribution in [0.5, 0.6) is 0 Å². The standard InChI is InChI=1S/C20H23N3OS2/c1-3-11-25-20-21-17-18(24)15-9-10-22(2)13-16(15)26-19(17)23(20)12-14-7-5-4-6-8-14/h4-8H,3,9-13H2,1-2H3. The molecule has 1 aliphatic rings. The number of hydrogen-bond acceptors (Lipinski definition) is 5. The van der Waals surface area contributed by atoms with Crippen molar-refractivity contribution in [3.63, 3.8) is 0 Å². The van der Waals surface area contributed by atoms with Crippen LogP contribution >= 0.6 is 23.1 Å². The summed E-state index contributed by atoms with van der Waals surface area (Å²) in [5, 5.41) is 0.967. The first-order valence-electron chi connectivity index (χ1n) is 9.07. The predicted molar refractivity (Wildman–Crippen MR) is 110 cm³/mol. The molecule has 3 aromatic rings. The Hall–Kier alpha value is -1.63. The maximum Gasteiger partial charge on any atom is 0.211 e. The highest BCUT2D eigenvalue weighted by atomic mass is 32.2. The lowest BCUT2D eigenvalue weighted by Gasteiger charge is -2.23. The molecule has 1 aromatic carbocycles. The van der Waals surface area contributed by atoms with Crippen molar-refractivity contribution in [3.8, 4) is 0 Å². The highest BCUT2D eigenvalue weighted by Crippen LogP contribution is 2.31. The van der Waals surface area contributed by atoms with E-state index in [2.05, 4.69) is 47.7 Å². The SMILES string of the molecule is CCCSc1nc2c(=O)c3c(sc2n1Cc1ccccc1)CN(C)CC3. The van der Waals surface area contributed by atoms with Crippen molar-refractivity contribution >= 4 is 33.4 Å². The van der Waals surface area contributed by atoms with Crippen molar-refractivity contribution in [2.45, 2.75) is 38.0 Å².